The Balaban J connectivity index is 2.46. The first kappa shape index (κ1) is 10.4. The second-order valence-corrected chi connectivity index (χ2v) is 3.32. The van der Waals surface area contributed by atoms with Gasteiger partial charge >= 0.3 is 0 Å². The van der Waals surface area contributed by atoms with Gasteiger partial charge in [0.1, 0.15) is 11.6 Å². The summed E-state index contributed by atoms with van der Waals surface area (Å²) in [7, 11) is 1.59. The van der Waals surface area contributed by atoms with E-state index in [1.165, 1.54) is 0 Å². The summed E-state index contributed by atoms with van der Waals surface area (Å²) in [5, 5.41) is 7.69. The highest BCUT2D eigenvalue weighted by molar-refractivity contribution is 5.58. The molecule has 82 valence electrons. The van der Waals surface area contributed by atoms with Crippen LogP contribution in [0, 0.1) is 6.92 Å². The number of methoxy groups -OCH3 is 1. The van der Waals surface area contributed by atoms with Crippen LogP contribution in [-0.4, -0.2) is 22.3 Å². The predicted molar refractivity (Wildman–Crippen MR) is 59.4 cm³/mol. The Morgan fingerprint density at radius 2 is 1.88 bits per heavy atom. The van der Waals surface area contributed by atoms with Crippen LogP contribution in [0.15, 0.2) is 29.1 Å². The molecular weight excluding hydrogens is 206 g/mol. The fraction of sp³-hybridized carbons (Fsp3) is 0.182. The number of aryl methyl sites for hydroxylation is 1. The number of nitrogens with one attached hydrogen (secondary N) is 1. The molecule has 5 nitrogen and oxygen atoms in total. The van der Waals surface area contributed by atoms with Crippen LogP contribution in [0.4, 0.5) is 0 Å². The predicted octanol–water partition coefficient (Wildman–Crippen LogP) is 1.15. The normalized spacial score (nSPS) is 10.1. The zero-order valence-electron chi connectivity index (χ0n) is 9.02. The molecule has 0 saturated heterocycles. The van der Waals surface area contributed by atoms with Gasteiger partial charge in [-0.25, -0.2) is 0 Å². The van der Waals surface area contributed by atoms with Gasteiger partial charge in [-0.3, -0.25) is 4.79 Å². The molecule has 0 atom stereocenters. The second-order valence-electron chi connectivity index (χ2n) is 3.32. The molecule has 0 bridgehead atoms. The molecular formula is C11H11N3O2. The molecule has 0 unspecified atom stereocenters. The number of aromatic nitrogens is 3. The molecule has 16 heavy (non-hydrogen) atoms. The number of ether oxygens (including phenoxy) is 1. The van der Waals surface area contributed by atoms with Gasteiger partial charge in [0.25, 0.3) is 5.56 Å². The fourth-order valence-electron chi connectivity index (χ4n) is 1.36. The van der Waals surface area contributed by atoms with E-state index in [0.717, 1.165) is 11.3 Å². The van der Waals surface area contributed by atoms with Gasteiger partial charge in [-0.05, 0) is 31.2 Å². The third-order valence-electron chi connectivity index (χ3n) is 2.17. The standard InChI is InChI=1S/C11H11N3O2/c1-7-12-11(15)10(14-13-7)8-3-5-9(16-2)6-4-8/h3-6H,1-2H3,(H,12,13,15). The van der Waals surface area contributed by atoms with Crippen LogP contribution < -0.4 is 10.3 Å². The van der Waals surface area contributed by atoms with Crippen molar-refractivity contribution in [2.45, 2.75) is 6.92 Å². The first-order chi connectivity index (χ1) is 7.70. The largest absolute Gasteiger partial charge is 0.497 e. The molecule has 0 aliphatic rings. The van der Waals surface area contributed by atoms with Gasteiger partial charge in [-0.1, -0.05) is 0 Å². The van der Waals surface area contributed by atoms with Gasteiger partial charge in [0.15, 0.2) is 5.69 Å². The minimum absolute atomic E-state index is 0.238. The molecule has 0 aliphatic carbocycles. The van der Waals surface area contributed by atoms with E-state index in [9.17, 15) is 4.79 Å². The third kappa shape index (κ3) is 1.93. The molecule has 2 rings (SSSR count). The number of benzene rings is 1. The Morgan fingerprint density at radius 1 is 1.19 bits per heavy atom. The van der Waals surface area contributed by atoms with Crippen molar-refractivity contribution in [3.63, 3.8) is 0 Å². The zero-order valence-corrected chi connectivity index (χ0v) is 9.02. The highest BCUT2D eigenvalue weighted by atomic mass is 16.5. The van der Waals surface area contributed by atoms with Crippen LogP contribution >= 0.6 is 0 Å². The van der Waals surface area contributed by atoms with E-state index in [2.05, 4.69) is 15.2 Å². The summed E-state index contributed by atoms with van der Waals surface area (Å²) in [6.45, 7) is 1.69. The molecule has 5 heteroatoms. The van der Waals surface area contributed by atoms with Crippen molar-refractivity contribution in [3.8, 4) is 17.0 Å². The first-order valence-electron chi connectivity index (χ1n) is 4.79. The summed E-state index contributed by atoms with van der Waals surface area (Å²) >= 11 is 0. The lowest BCUT2D eigenvalue weighted by Gasteiger charge is -2.01. The lowest BCUT2D eigenvalue weighted by Crippen LogP contribution is -2.14. The number of hydrogen-bond acceptors (Lipinski definition) is 4. The Bertz CT molecular complexity index is 546. The molecule has 1 aromatic carbocycles. The molecule has 0 amide bonds. The van der Waals surface area contributed by atoms with Crippen LogP contribution in [0.2, 0.25) is 0 Å². The first-order valence-corrected chi connectivity index (χ1v) is 4.79. The van der Waals surface area contributed by atoms with E-state index in [1.807, 2.05) is 0 Å². The maximum absolute atomic E-state index is 11.6. The highest BCUT2D eigenvalue weighted by Crippen LogP contribution is 2.17. The van der Waals surface area contributed by atoms with E-state index in [1.54, 1.807) is 38.3 Å². The smallest absolute Gasteiger partial charge is 0.277 e. The number of H-pyrrole nitrogens is 1. The minimum Gasteiger partial charge on any atom is -0.497 e. The van der Waals surface area contributed by atoms with Crippen molar-refractivity contribution in [2.75, 3.05) is 7.11 Å². The fourth-order valence-corrected chi connectivity index (χ4v) is 1.36. The second kappa shape index (κ2) is 4.14. The Morgan fingerprint density at radius 3 is 2.44 bits per heavy atom. The summed E-state index contributed by atoms with van der Waals surface area (Å²) in [5.74, 6) is 1.24. The summed E-state index contributed by atoms with van der Waals surface area (Å²) < 4.78 is 5.03. The Kier molecular flexibility index (Phi) is 2.68. The van der Waals surface area contributed by atoms with Gasteiger partial charge in [0, 0.05) is 5.56 Å². The van der Waals surface area contributed by atoms with Crippen molar-refractivity contribution in [2.24, 2.45) is 0 Å². The van der Waals surface area contributed by atoms with Crippen molar-refractivity contribution in [3.05, 3.63) is 40.4 Å². The highest BCUT2D eigenvalue weighted by Gasteiger charge is 2.05. The molecule has 1 aromatic heterocycles. The monoisotopic (exact) mass is 217 g/mol. The molecule has 1 heterocycles. The molecule has 1 N–H and O–H groups in total. The lowest BCUT2D eigenvalue weighted by molar-refractivity contribution is 0.415. The van der Waals surface area contributed by atoms with Crippen molar-refractivity contribution < 1.29 is 4.74 Å². The Hall–Kier alpha value is -2.17. The van der Waals surface area contributed by atoms with E-state index >= 15 is 0 Å². The maximum Gasteiger partial charge on any atom is 0.277 e. The maximum atomic E-state index is 11.6. The van der Waals surface area contributed by atoms with Crippen molar-refractivity contribution in [1.82, 2.24) is 15.2 Å². The van der Waals surface area contributed by atoms with Crippen LogP contribution in [0.3, 0.4) is 0 Å². The number of rotatable bonds is 2. The van der Waals surface area contributed by atoms with E-state index in [0.29, 0.717) is 11.5 Å². The van der Waals surface area contributed by atoms with E-state index < -0.39 is 0 Å². The molecule has 0 fully saturated rings. The van der Waals surface area contributed by atoms with Gasteiger partial charge in [0.05, 0.1) is 7.11 Å². The number of aromatic amines is 1. The molecule has 2 aromatic rings. The van der Waals surface area contributed by atoms with E-state index in [-0.39, 0.29) is 5.56 Å². The zero-order chi connectivity index (χ0) is 11.5. The molecule has 0 spiro atoms. The van der Waals surface area contributed by atoms with Crippen molar-refractivity contribution >= 4 is 0 Å². The van der Waals surface area contributed by atoms with Gasteiger partial charge in [-0.2, -0.15) is 0 Å². The summed E-state index contributed by atoms with van der Waals surface area (Å²) in [6, 6.07) is 7.09. The molecule has 0 radical (unpaired) electrons. The molecule has 0 saturated carbocycles. The lowest BCUT2D eigenvalue weighted by atomic mass is 10.1. The minimum atomic E-state index is -0.238. The van der Waals surface area contributed by atoms with Crippen LogP contribution in [0.5, 0.6) is 5.75 Å². The average Bonchev–Trinajstić information content (AvgIpc) is 2.29. The number of nitrogens with zero attached hydrogens (tertiary/aromatic N) is 2. The van der Waals surface area contributed by atoms with E-state index in [4.69, 9.17) is 4.74 Å². The van der Waals surface area contributed by atoms with Crippen LogP contribution in [0.1, 0.15) is 5.82 Å². The van der Waals surface area contributed by atoms with Gasteiger partial charge in [0.2, 0.25) is 0 Å². The molecule has 0 aliphatic heterocycles. The Labute approximate surface area is 92.1 Å². The quantitative estimate of drug-likeness (QED) is 0.819. The number of hydrogen-bond donors (Lipinski definition) is 1. The topological polar surface area (TPSA) is 67.9 Å². The van der Waals surface area contributed by atoms with Crippen LogP contribution in [-0.2, 0) is 0 Å². The van der Waals surface area contributed by atoms with Gasteiger partial charge in [-0.15, -0.1) is 10.2 Å². The average molecular weight is 217 g/mol. The summed E-state index contributed by atoms with van der Waals surface area (Å²) in [4.78, 5) is 14.2. The van der Waals surface area contributed by atoms with Crippen LogP contribution in [0.25, 0.3) is 11.3 Å². The van der Waals surface area contributed by atoms with Gasteiger partial charge < -0.3 is 9.72 Å². The summed E-state index contributed by atoms with van der Waals surface area (Å²) in [5.41, 5.74) is 0.792. The SMILES string of the molecule is COc1ccc(-c2nnc(C)[nH]c2=O)cc1. The van der Waals surface area contributed by atoms with Crippen molar-refractivity contribution in [1.29, 1.82) is 0 Å². The summed E-state index contributed by atoms with van der Waals surface area (Å²) in [6.07, 6.45) is 0. The third-order valence-corrected chi connectivity index (χ3v) is 2.17.